The van der Waals surface area contributed by atoms with Gasteiger partial charge in [-0.25, -0.2) is 10.2 Å². The second-order valence-corrected chi connectivity index (χ2v) is 3.07. The third-order valence-electron chi connectivity index (χ3n) is 2.10. The van der Waals surface area contributed by atoms with Crippen LogP contribution in [0.15, 0.2) is 5.10 Å². The van der Waals surface area contributed by atoms with Crippen LogP contribution in [0.5, 0.6) is 0 Å². The molecule has 1 N–H and O–H groups in total. The van der Waals surface area contributed by atoms with Gasteiger partial charge in [-0.05, 0) is 13.8 Å². The van der Waals surface area contributed by atoms with Crippen molar-refractivity contribution in [2.45, 2.75) is 13.8 Å². The molecular weight excluding hydrogens is 196 g/mol. The third-order valence-corrected chi connectivity index (χ3v) is 2.10. The van der Waals surface area contributed by atoms with Crippen molar-refractivity contribution < 1.29 is 9.53 Å². The maximum atomic E-state index is 10.7. The Morgan fingerprint density at radius 1 is 1.60 bits per heavy atom. The molecule has 0 unspecified atom stereocenters. The molecule has 82 valence electrons. The Bertz CT molecular complexity index is 395. The van der Waals surface area contributed by atoms with Crippen LogP contribution in [0.2, 0.25) is 0 Å². The average molecular weight is 210 g/mol. The van der Waals surface area contributed by atoms with Crippen LogP contribution in [0, 0.1) is 13.8 Å². The molecular formula is C9H14N4O2. The number of rotatable bonds is 2. The first kappa shape index (κ1) is 11.2. The van der Waals surface area contributed by atoms with Gasteiger partial charge in [0.25, 0.3) is 0 Å². The Hall–Kier alpha value is -1.85. The Morgan fingerprint density at radius 3 is 2.73 bits per heavy atom. The highest BCUT2D eigenvalue weighted by molar-refractivity contribution is 5.83. The van der Waals surface area contributed by atoms with E-state index in [1.807, 2.05) is 20.9 Å². The summed E-state index contributed by atoms with van der Waals surface area (Å²) in [5.41, 5.74) is 4.97. The minimum Gasteiger partial charge on any atom is -0.452 e. The lowest BCUT2D eigenvalue weighted by Gasteiger charge is -1.96. The van der Waals surface area contributed by atoms with E-state index >= 15 is 0 Å². The molecule has 0 aromatic carbocycles. The van der Waals surface area contributed by atoms with Crippen molar-refractivity contribution in [3.05, 3.63) is 17.0 Å². The Labute approximate surface area is 87.9 Å². The Balaban J connectivity index is 2.76. The number of aryl methyl sites for hydroxylation is 2. The smallest absolute Gasteiger partial charge is 0.427 e. The minimum absolute atomic E-state index is 0.592. The zero-order valence-corrected chi connectivity index (χ0v) is 9.24. The topological polar surface area (TPSA) is 68.5 Å². The van der Waals surface area contributed by atoms with Crippen molar-refractivity contribution in [1.82, 2.24) is 15.2 Å². The molecule has 0 bridgehead atoms. The molecule has 0 aliphatic heterocycles. The average Bonchev–Trinajstić information content (AvgIpc) is 2.44. The molecule has 0 aliphatic rings. The summed E-state index contributed by atoms with van der Waals surface area (Å²) in [6, 6.07) is 0. The summed E-state index contributed by atoms with van der Waals surface area (Å²) in [6.45, 7) is 3.81. The monoisotopic (exact) mass is 210 g/mol. The molecule has 0 spiro atoms. The van der Waals surface area contributed by atoms with Gasteiger partial charge in [0.2, 0.25) is 0 Å². The first-order valence-electron chi connectivity index (χ1n) is 4.43. The van der Waals surface area contributed by atoms with E-state index < -0.39 is 6.09 Å². The molecule has 1 heterocycles. The predicted octanol–water partition coefficient (Wildman–Crippen LogP) is 0.727. The summed E-state index contributed by atoms with van der Waals surface area (Å²) < 4.78 is 6.13. The zero-order chi connectivity index (χ0) is 11.4. The molecule has 6 nitrogen and oxygen atoms in total. The van der Waals surface area contributed by atoms with E-state index in [2.05, 4.69) is 20.4 Å². The SMILES string of the molecule is COC(=O)N/N=C\c1c(C)nn(C)c1C. The van der Waals surface area contributed by atoms with Crippen LogP contribution in [-0.4, -0.2) is 29.2 Å². The van der Waals surface area contributed by atoms with Crippen molar-refractivity contribution in [2.24, 2.45) is 12.1 Å². The van der Waals surface area contributed by atoms with E-state index in [-0.39, 0.29) is 0 Å². The molecule has 0 aliphatic carbocycles. The van der Waals surface area contributed by atoms with E-state index in [0.717, 1.165) is 17.0 Å². The number of nitrogens with zero attached hydrogens (tertiary/aromatic N) is 3. The van der Waals surface area contributed by atoms with Gasteiger partial charge >= 0.3 is 6.09 Å². The lowest BCUT2D eigenvalue weighted by molar-refractivity contribution is 0.171. The largest absolute Gasteiger partial charge is 0.452 e. The van der Waals surface area contributed by atoms with Crippen LogP contribution in [0.3, 0.4) is 0 Å². The fourth-order valence-corrected chi connectivity index (χ4v) is 1.17. The van der Waals surface area contributed by atoms with Crippen LogP contribution in [-0.2, 0) is 11.8 Å². The first-order chi connectivity index (χ1) is 7.06. The fraction of sp³-hybridized carbons (Fsp3) is 0.444. The summed E-state index contributed by atoms with van der Waals surface area (Å²) in [6.07, 6.45) is 0.958. The van der Waals surface area contributed by atoms with Crippen LogP contribution in [0.1, 0.15) is 17.0 Å². The third kappa shape index (κ3) is 2.55. The quantitative estimate of drug-likeness (QED) is 0.578. The summed E-state index contributed by atoms with van der Waals surface area (Å²) in [7, 11) is 3.14. The van der Waals surface area contributed by atoms with E-state index in [1.54, 1.807) is 10.9 Å². The van der Waals surface area contributed by atoms with E-state index in [1.165, 1.54) is 7.11 Å². The maximum absolute atomic E-state index is 10.7. The standard InChI is InChI=1S/C9H14N4O2/c1-6-8(7(2)13(3)12-6)5-10-11-9(14)15-4/h5H,1-4H3,(H,11,14)/b10-5-. The number of carbonyl (C=O) groups is 1. The molecule has 1 aromatic rings. The number of aromatic nitrogens is 2. The minimum atomic E-state index is -0.592. The lowest BCUT2D eigenvalue weighted by Crippen LogP contribution is -2.16. The molecule has 0 fully saturated rings. The fourth-order valence-electron chi connectivity index (χ4n) is 1.17. The molecule has 0 radical (unpaired) electrons. The molecule has 0 saturated carbocycles. The Morgan fingerprint density at radius 2 is 2.27 bits per heavy atom. The van der Waals surface area contributed by atoms with E-state index in [4.69, 9.17) is 0 Å². The van der Waals surface area contributed by atoms with Gasteiger partial charge in [-0.1, -0.05) is 0 Å². The maximum Gasteiger partial charge on any atom is 0.427 e. The molecule has 1 aromatic heterocycles. The zero-order valence-electron chi connectivity index (χ0n) is 9.24. The van der Waals surface area contributed by atoms with Gasteiger partial charge in [0.05, 0.1) is 19.0 Å². The van der Waals surface area contributed by atoms with Gasteiger partial charge in [-0.2, -0.15) is 10.2 Å². The Kier molecular flexibility index (Phi) is 3.43. The number of amides is 1. The highest BCUT2D eigenvalue weighted by Gasteiger charge is 2.06. The molecule has 1 amide bonds. The molecule has 6 heteroatoms. The van der Waals surface area contributed by atoms with Crippen molar-refractivity contribution in [3.8, 4) is 0 Å². The van der Waals surface area contributed by atoms with Crippen LogP contribution in [0.4, 0.5) is 4.79 Å². The van der Waals surface area contributed by atoms with Gasteiger partial charge in [0, 0.05) is 18.3 Å². The van der Waals surface area contributed by atoms with Gasteiger partial charge in [0.1, 0.15) is 0 Å². The second kappa shape index (κ2) is 4.59. The van der Waals surface area contributed by atoms with Crippen LogP contribution >= 0.6 is 0 Å². The van der Waals surface area contributed by atoms with Gasteiger partial charge in [0.15, 0.2) is 0 Å². The molecule has 1 rings (SSSR count). The number of hydrazone groups is 1. The molecule has 0 atom stereocenters. The number of hydrogen-bond acceptors (Lipinski definition) is 4. The number of carbonyl (C=O) groups excluding carboxylic acids is 1. The van der Waals surface area contributed by atoms with E-state index in [0.29, 0.717) is 0 Å². The van der Waals surface area contributed by atoms with Crippen molar-refractivity contribution in [1.29, 1.82) is 0 Å². The van der Waals surface area contributed by atoms with E-state index in [9.17, 15) is 4.79 Å². The summed E-state index contributed by atoms with van der Waals surface area (Å²) in [5.74, 6) is 0. The second-order valence-electron chi connectivity index (χ2n) is 3.07. The lowest BCUT2D eigenvalue weighted by atomic mass is 10.2. The van der Waals surface area contributed by atoms with Gasteiger partial charge in [-0.3, -0.25) is 4.68 Å². The normalized spacial score (nSPS) is 10.7. The summed E-state index contributed by atoms with van der Waals surface area (Å²) >= 11 is 0. The predicted molar refractivity (Wildman–Crippen MR) is 55.8 cm³/mol. The molecule has 15 heavy (non-hydrogen) atoms. The number of nitrogens with one attached hydrogen (secondary N) is 1. The summed E-state index contributed by atoms with van der Waals surface area (Å²) in [4.78, 5) is 10.7. The summed E-state index contributed by atoms with van der Waals surface area (Å²) in [5, 5.41) is 7.95. The van der Waals surface area contributed by atoms with Gasteiger partial charge in [-0.15, -0.1) is 0 Å². The van der Waals surface area contributed by atoms with Crippen molar-refractivity contribution in [3.63, 3.8) is 0 Å². The van der Waals surface area contributed by atoms with Crippen molar-refractivity contribution in [2.75, 3.05) is 7.11 Å². The number of ether oxygens (including phenoxy) is 1. The van der Waals surface area contributed by atoms with Crippen molar-refractivity contribution >= 4 is 12.3 Å². The van der Waals surface area contributed by atoms with Gasteiger partial charge < -0.3 is 4.74 Å². The first-order valence-corrected chi connectivity index (χ1v) is 4.43. The molecule has 0 saturated heterocycles. The van der Waals surface area contributed by atoms with Crippen LogP contribution < -0.4 is 5.43 Å². The number of hydrogen-bond donors (Lipinski definition) is 1. The number of methoxy groups -OCH3 is 1. The van der Waals surface area contributed by atoms with Crippen LogP contribution in [0.25, 0.3) is 0 Å². The highest BCUT2D eigenvalue weighted by atomic mass is 16.5. The highest BCUT2D eigenvalue weighted by Crippen LogP contribution is 2.08.